The van der Waals surface area contributed by atoms with Crippen molar-refractivity contribution in [3.8, 4) is 0 Å². The van der Waals surface area contributed by atoms with Gasteiger partial charge in [-0.15, -0.1) is 0 Å². The maximum absolute atomic E-state index is 2.46. The van der Waals surface area contributed by atoms with E-state index in [9.17, 15) is 0 Å². The zero-order valence-corrected chi connectivity index (χ0v) is 12.8. The Morgan fingerprint density at radius 1 is 1.23 bits per heavy atom. The van der Waals surface area contributed by atoms with Gasteiger partial charge in [0.1, 0.15) is 0 Å². The van der Waals surface area contributed by atoms with Gasteiger partial charge in [0, 0.05) is 0 Å². The second kappa shape index (κ2) is 8.91. The summed E-state index contributed by atoms with van der Waals surface area (Å²) in [6, 6.07) is 0. The molecule has 0 aromatic heterocycles. The minimum Gasteiger partial charge on any atom is -0.328 e. The SMILES string of the molecule is CC(C)CCCC1CC[CH-]CC1.[K+]. The molecular formula is C12H23K. The number of rotatable bonds is 4. The minimum absolute atomic E-state index is 0. The topological polar surface area (TPSA) is 0 Å². The fourth-order valence-electron chi connectivity index (χ4n) is 2.10. The van der Waals surface area contributed by atoms with Gasteiger partial charge in [0.15, 0.2) is 0 Å². The largest absolute Gasteiger partial charge is 1.00 e. The van der Waals surface area contributed by atoms with Crippen LogP contribution in [0.4, 0.5) is 0 Å². The molecular weight excluding hydrogens is 183 g/mol. The first-order valence-electron chi connectivity index (χ1n) is 5.60. The smallest absolute Gasteiger partial charge is 0.328 e. The van der Waals surface area contributed by atoms with Crippen LogP contribution in [-0.2, 0) is 0 Å². The third-order valence-electron chi connectivity index (χ3n) is 2.95. The van der Waals surface area contributed by atoms with Gasteiger partial charge < -0.3 is 6.42 Å². The Labute approximate surface area is 127 Å². The molecule has 0 unspecified atom stereocenters. The first-order chi connectivity index (χ1) is 5.79. The van der Waals surface area contributed by atoms with Crippen LogP contribution in [0.1, 0.15) is 58.8 Å². The van der Waals surface area contributed by atoms with Gasteiger partial charge in [0.25, 0.3) is 0 Å². The summed E-state index contributed by atoms with van der Waals surface area (Å²) in [5, 5.41) is 0. The normalized spacial score (nSPS) is 18.7. The van der Waals surface area contributed by atoms with Crippen molar-refractivity contribution in [1.82, 2.24) is 0 Å². The zero-order chi connectivity index (χ0) is 8.81. The Hall–Kier alpha value is 1.64. The van der Waals surface area contributed by atoms with Gasteiger partial charge in [-0.1, -0.05) is 46.0 Å². The summed E-state index contributed by atoms with van der Waals surface area (Å²) in [5.74, 6) is 1.97. The molecule has 0 aromatic carbocycles. The van der Waals surface area contributed by atoms with Crippen LogP contribution in [0.15, 0.2) is 0 Å². The van der Waals surface area contributed by atoms with E-state index in [4.69, 9.17) is 0 Å². The fraction of sp³-hybridized carbons (Fsp3) is 0.917. The second-order valence-electron chi connectivity index (χ2n) is 4.63. The van der Waals surface area contributed by atoms with E-state index >= 15 is 0 Å². The fourth-order valence-corrected chi connectivity index (χ4v) is 2.10. The van der Waals surface area contributed by atoms with Crippen LogP contribution >= 0.6 is 0 Å². The van der Waals surface area contributed by atoms with Crippen molar-refractivity contribution in [2.24, 2.45) is 11.8 Å². The van der Waals surface area contributed by atoms with Crippen LogP contribution in [0.5, 0.6) is 0 Å². The number of hydrogen-bond donors (Lipinski definition) is 0. The monoisotopic (exact) mass is 206 g/mol. The second-order valence-corrected chi connectivity index (χ2v) is 4.63. The molecule has 0 aliphatic heterocycles. The van der Waals surface area contributed by atoms with Crippen LogP contribution in [0, 0.1) is 18.3 Å². The predicted octanol–water partition coefficient (Wildman–Crippen LogP) is 1.21. The molecule has 0 heterocycles. The molecule has 0 nitrogen and oxygen atoms in total. The van der Waals surface area contributed by atoms with Gasteiger partial charge in [0.2, 0.25) is 0 Å². The van der Waals surface area contributed by atoms with E-state index in [-0.39, 0.29) is 51.4 Å². The minimum atomic E-state index is 0. The Balaban J connectivity index is 0.00000144. The number of hydrogen-bond acceptors (Lipinski definition) is 0. The Bertz CT molecular complexity index is 104. The van der Waals surface area contributed by atoms with Crippen molar-refractivity contribution in [2.45, 2.75) is 58.8 Å². The molecule has 1 aliphatic rings. The van der Waals surface area contributed by atoms with Crippen molar-refractivity contribution >= 4 is 0 Å². The van der Waals surface area contributed by atoms with E-state index in [1.807, 2.05) is 0 Å². The molecule has 13 heavy (non-hydrogen) atoms. The first-order valence-corrected chi connectivity index (χ1v) is 5.60. The van der Waals surface area contributed by atoms with E-state index in [2.05, 4.69) is 20.3 Å². The average molecular weight is 206 g/mol. The van der Waals surface area contributed by atoms with Crippen molar-refractivity contribution in [2.75, 3.05) is 0 Å². The quantitative estimate of drug-likeness (QED) is 0.479. The van der Waals surface area contributed by atoms with Gasteiger partial charge >= 0.3 is 51.4 Å². The zero-order valence-electron chi connectivity index (χ0n) is 9.68. The molecule has 0 bridgehead atoms. The van der Waals surface area contributed by atoms with Crippen molar-refractivity contribution in [3.63, 3.8) is 0 Å². The molecule has 0 atom stereocenters. The molecule has 0 radical (unpaired) electrons. The molecule has 0 N–H and O–H groups in total. The summed E-state index contributed by atoms with van der Waals surface area (Å²) in [6.07, 6.45) is 12.5. The maximum Gasteiger partial charge on any atom is 1.00 e. The molecule has 0 amide bonds. The summed E-state index contributed by atoms with van der Waals surface area (Å²) in [5.41, 5.74) is 0. The van der Waals surface area contributed by atoms with E-state index in [1.54, 1.807) is 0 Å². The van der Waals surface area contributed by atoms with Crippen LogP contribution in [0.3, 0.4) is 0 Å². The van der Waals surface area contributed by atoms with Crippen LogP contribution in [-0.4, -0.2) is 0 Å². The molecule has 1 aliphatic carbocycles. The first kappa shape index (κ1) is 14.6. The molecule has 1 saturated carbocycles. The third-order valence-corrected chi connectivity index (χ3v) is 2.95. The van der Waals surface area contributed by atoms with Gasteiger partial charge in [-0.25, -0.2) is 0 Å². The molecule has 1 fully saturated rings. The average Bonchev–Trinajstić information content (AvgIpc) is 2.05. The maximum atomic E-state index is 2.46. The third kappa shape index (κ3) is 7.55. The van der Waals surface area contributed by atoms with Crippen molar-refractivity contribution < 1.29 is 51.4 Å². The van der Waals surface area contributed by atoms with Crippen LogP contribution in [0.25, 0.3) is 0 Å². The molecule has 72 valence electrons. The van der Waals surface area contributed by atoms with Gasteiger partial charge in [-0.3, -0.25) is 0 Å². The van der Waals surface area contributed by atoms with Gasteiger partial charge in [-0.05, 0) is 11.8 Å². The molecule has 1 heteroatoms. The van der Waals surface area contributed by atoms with Crippen molar-refractivity contribution in [3.05, 3.63) is 6.42 Å². The Morgan fingerprint density at radius 2 is 1.85 bits per heavy atom. The molecule has 0 aromatic rings. The van der Waals surface area contributed by atoms with Crippen LogP contribution < -0.4 is 51.4 Å². The summed E-state index contributed by atoms with van der Waals surface area (Å²) < 4.78 is 0. The van der Waals surface area contributed by atoms with E-state index in [0.717, 1.165) is 11.8 Å². The van der Waals surface area contributed by atoms with Gasteiger partial charge in [-0.2, -0.15) is 12.8 Å². The summed E-state index contributed by atoms with van der Waals surface area (Å²) in [7, 11) is 0. The molecule has 0 spiro atoms. The van der Waals surface area contributed by atoms with E-state index < -0.39 is 0 Å². The summed E-state index contributed by atoms with van der Waals surface area (Å²) in [4.78, 5) is 0. The summed E-state index contributed by atoms with van der Waals surface area (Å²) in [6.45, 7) is 4.66. The Kier molecular flexibility index (Phi) is 10.0. The summed E-state index contributed by atoms with van der Waals surface area (Å²) >= 11 is 0. The predicted molar refractivity (Wildman–Crippen MR) is 54.9 cm³/mol. The Morgan fingerprint density at radius 3 is 2.38 bits per heavy atom. The standard InChI is InChI=1S/C12H23.K/c1-11(2)7-6-10-12-8-4-3-5-9-12;/h3,11-12H,4-10H2,1-2H3;/q-1;+1. The van der Waals surface area contributed by atoms with E-state index in [1.165, 1.54) is 44.9 Å². The van der Waals surface area contributed by atoms with Gasteiger partial charge in [0.05, 0.1) is 0 Å². The van der Waals surface area contributed by atoms with Crippen LogP contribution in [0.2, 0.25) is 0 Å². The molecule has 1 rings (SSSR count). The van der Waals surface area contributed by atoms with E-state index in [0.29, 0.717) is 0 Å². The van der Waals surface area contributed by atoms with Crippen molar-refractivity contribution in [1.29, 1.82) is 0 Å². The molecule has 0 saturated heterocycles.